The summed E-state index contributed by atoms with van der Waals surface area (Å²) < 4.78 is 57.7. The van der Waals surface area contributed by atoms with Gasteiger partial charge in [-0.15, -0.1) is 0 Å². The third kappa shape index (κ3) is 4.99. The smallest absolute Gasteiger partial charge is 0.422 e. The van der Waals surface area contributed by atoms with Gasteiger partial charge in [-0.25, -0.2) is 0 Å². The zero-order valence-electron chi connectivity index (χ0n) is 15.0. The van der Waals surface area contributed by atoms with Crippen LogP contribution in [0.2, 0.25) is 0 Å². The molecule has 1 aliphatic heterocycles. The minimum absolute atomic E-state index is 0.0741. The van der Waals surface area contributed by atoms with Crippen LogP contribution in [0.4, 0.5) is 13.2 Å². The molecule has 1 N–H and O–H groups in total. The van der Waals surface area contributed by atoms with E-state index < -0.39 is 18.7 Å². The first kappa shape index (κ1) is 19.7. The number of benzene rings is 2. The fourth-order valence-electron chi connectivity index (χ4n) is 2.60. The predicted molar refractivity (Wildman–Crippen MR) is 93.1 cm³/mol. The van der Waals surface area contributed by atoms with Crippen molar-refractivity contribution in [3.8, 4) is 23.0 Å². The lowest BCUT2D eigenvalue weighted by atomic mass is 10.1. The standard InChI is InChI=1S/C19H18F3NO5/c1-25-15-8-13(9-16-17(15)27-6-5-26-16)18(24)23-10-12-3-2-4-14(7-12)28-11-19(20,21)22/h2-4,7-9H,5-6,10-11H2,1H3,(H,23,24). The molecule has 0 fully saturated rings. The van der Waals surface area contributed by atoms with Gasteiger partial charge in [0.05, 0.1) is 7.11 Å². The molecule has 0 saturated carbocycles. The Morgan fingerprint density at radius 2 is 1.96 bits per heavy atom. The van der Waals surface area contributed by atoms with Gasteiger partial charge in [0.25, 0.3) is 5.91 Å². The molecule has 0 saturated heterocycles. The summed E-state index contributed by atoms with van der Waals surface area (Å²) in [6.07, 6.45) is -4.42. The van der Waals surface area contributed by atoms with Crippen molar-refractivity contribution in [1.29, 1.82) is 0 Å². The molecular weight excluding hydrogens is 379 g/mol. The summed E-state index contributed by atoms with van der Waals surface area (Å²) in [6, 6.07) is 9.17. The Balaban J connectivity index is 1.66. The van der Waals surface area contributed by atoms with Crippen LogP contribution in [0.15, 0.2) is 36.4 Å². The van der Waals surface area contributed by atoms with E-state index in [0.29, 0.717) is 41.6 Å². The molecule has 1 heterocycles. The molecule has 0 unspecified atom stereocenters. The van der Waals surface area contributed by atoms with Gasteiger partial charge < -0.3 is 24.3 Å². The summed E-state index contributed by atoms with van der Waals surface area (Å²) in [7, 11) is 1.46. The maximum Gasteiger partial charge on any atom is 0.422 e. The molecule has 0 aromatic heterocycles. The topological polar surface area (TPSA) is 66.0 Å². The molecule has 6 nitrogen and oxygen atoms in total. The first-order valence-electron chi connectivity index (χ1n) is 8.40. The van der Waals surface area contributed by atoms with E-state index in [0.717, 1.165) is 0 Å². The van der Waals surface area contributed by atoms with Crippen LogP contribution in [0.25, 0.3) is 0 Å². The van der Waals surface area contributed by atoms with Gasteiger partial charge in [0.2, 0.25) is 5.75 Å². The molecule has 0 atom stereocenters. The highest BCUT2D eigenvalue weighted by Gasteiger charge is 2.28. The highest BCUT2D eigenvalue weighted by molar-refractivity contribution is 5.95. The minimum Gasteiger partial charge on any atom is -0.493 e. The number of amides is 1. The maximum absolute atomic E-state index is 12.5. The van der Waals surface area contributed by atoms with Crippen molar-refractivity contribution in [1.82, 2.24) is 5.32 Å². The number of carbonyl (C=O) groups is 1. The molecule has 1 aliphatic rings. The molecule has 2 aromatic carbocycles. The highest BCUT2D eigenvalue weighted by atomic mass is 19.4. The van der Waals surface area contributed by atoms with E-state index >= 15 is 0 Å². The number of alkyl halides is 3. The SMILES string of the molecule is COc1cc(C(=O)NCc2cccc(OCC(F)(F)F)c2)cc2c1OCCO2. The molecule has 0 spiro atoms. The number of fused-ring (bicyclic) bond motifs is 1. The van der Waals surface area contributed by atoms with E-state index in [4.69, 9.17) is 18.9 Å². The molecule has 28 heavy (non-hydrogen) atoms. The Kier molecular flexibility index (Phi) is 5.81. The first-order chi connectivity index (χ1) is 13.4. The molecule has 9 heteroatoms. The molecule has 150 valence electrons. The summed E-state index contributed by atoms with van der Waals surface area (Å²) in [5.41, 5.74) is 0.906. The van der Waals surface area contributed by atoms with Crippen LogP contribution in [0.3, 0.4) is 0 Å². The van der Waals surface area contributed by atoms with Crippen LogP contribution in [0.1, 0.15) is 15.9 Å². The number of methoxy groups -OCH3 is 1. The van der Waals surface area contributed by atoms with Crippen molar-refractivity contribution < 1.29 is 36.9 Å². The minimum atomic E-state index is -4.42. The van der Waals surface area contributed by atoms with E-state index in [2.05, 4.69) is 5.32 Å². The Labute approximate surface area is 159 Å². The van der Waals surface area contributed by atoms with Crippen LogP contribution < -0.4 is 24.3 Å². The molecule has 3 rings (SSSR count). The average molecular weight is 397 g/mol. The number of carbonyl (C=O) groups excluding carboxylic acids is 1. The Morgan fingerprint density at radius 3 is 2.71 bits per heavy atom. The van der Waals surface area contributed by atoms with Gasteiger partial charge in [-0.05, 0) is 29.8 Å². The summed E-state index contributed by atoms with van der Waals surface area (Å²) in [6.45, 7) is -0.508. The zero-order chi connectivity index (χ0) is 20.1. The largest absolute Gasteiger partial charge is 0.493 e. The van der Waals surface area contributed by atoms with Crippen LogP contribution in [0.5, 0.6) is 23.0 Å². The van der Waals surface area contributed by atoms with Gasteiger partial charge >= 0.3 is 6.18 Å². The van der Waals surface area contributed by atoms with Crippen LogP contribution in [-0.4, -0.2) is 39.0 Å². The van der Waals surface area contributed by atoms with Crippen molar-refractivity contribution in [2.75, 3.05) is 26.9 Å². The van der Waals surface area contributed by atoms with Crippen molar-refractivity contribution in [2.45, 2.75) is 12.7 Å². The van der Waals surface area contributed by atoms with Crippen molar-refractivity contribution in [3.05, 3.63) is 47.5 Å². The number of nitrogens with one attached hydrogen (secondary N) is 1. The van der Waals surface area contributed by atoms with Gasteiger partial charge in [-0.1, -0.05) is 12.1 Å². The van der Waals surface area contributed by atoms with Crippen LogP contribution >= 0.6 is 0 Å². The summed E-state index contributed by atoms with van der Waals surface area (Å²) in [5, 5.41) is 2.70. The van der Waals surface area contributed by atoms with Crippen molar-refractivity contribution >= 4 is 5.91 Å². The fourth-order valence-corrected chi connectivity index (χ4v) is 2.60. The van der Waals surface area contributed by atoms with Gasteiger partial charge in [0, 0.05) is 12.1 Å². The number of rotatable bonds is 6. The monoisotopic (exact) mass is 397 g/mol. The van der Waals surface area contributed by atoms with Crippen LogP contribution in [0, 0.1) is 0 Å². The maximum atomic E-state index is 12.5. The number of halogens is 3. The third-order valence-corrected chi connectivity index (χ3v) is 3.84. The lowest BCUT2D eigenvalue weighted by Crippen LogP contribution is -2.24. The second kappa shape index (κ2) is 8.28. The summed E-state index contributed by atoms with van der Waals surface area (Å²) in [4.78, 5) is 12.5. The summed E-state index contributed by atoms with van der Waals surface area (Å²) >= 11 is 0. The first-order valence-corrected chi connectivity index (χ1v) is 8.40. The molecule has 0 aliphatic carbocycles. The van der Waals surface area contributed by atoms with Gasteiger partial charge in [0.1, 0.15) is 19.0 Å². The highest BCUT2D eigenvalue weighted by Crippen LogP contribution is 2.40. The lowest BCUT2D eigenvalue weighted by molar-refractivity contribution is -0.153. The van der Waals surface area contributed by atoms with Gasteiger partial charge in [0.15, 0.2) is 18.1 Å². The molecule has 1 amide bonds. The van der Waals surface area contributed by atoms with E-state index in [-0.39, 0.29) is 12.3 Å². The van der Waals surface area contributed by atoms with E-state index in [1.807, 2.05) is 0 Å². The number of ether oxygens (including phenoxy) is 4. The zero-order valence-corrected chi connectivity index (χ0v) is 15.0. The molecule has 0 bridgehead atoms. The molecular formula is C19H18F3NO5. The normalized spacial score (nSPS) is 13.0. The van der Waals surface area contributed by atoms with Crippen LogP contribution in [-0.2, 0) is 6.54 Å². The van der Waals surface area contributed by atoms with E-state index in [1.165, 1.54) is 25.3 Å². The molecule has 0 radical (unpaired) electrons. The number of hydrogen-bond acceptors (Lipinski definition) is 5. The third-order valence-electron chi connectivity index (χ3n) is 3.84. The second-order valence-electron chi connectivity index (χ2n) is 5.94. The lowest BCUT2D eigenvalue weighted by Gasteiger charge is -2.21. The Bertz CT molecular complexity index is 837. The average Bonchev–Trinajstić information content (AvgIpc) is 2.69. The number of hydrogen-bond donors (Lipinski definition) is 1. The molecule has 2 aromatic rings. The van der Waals surface area contributed by atoms with Crippen molar-refractivity contribution in [3.63, 3.8) is 0 Å². The fraction of sp³-hybridized carbons (Fsp3) is 0.316. The van der Waals surface area contributed by atoms with Crippen molar-refractivity contribution in [2.24, 2.45) is 0 Å². The Morgan fingerprint density at radius 1 is 1.18 bits per heavy atom. The van der Waals surface area contributed by atoms with E-state index in [9.17, 15) is 18.0 Å². The Hall–Kier alpha value is -3.10. The van der Waals surface area contributed by atoms with E-state index in [1.54, 1.807) is 18.2 Å². The summed E-state index contributed by atoms with van der Waals surface area (Å²) in [5.74, 6) is 0.921. The predicted octanol–water partition coefficient (Wildman–Crippen LogP) is 3.34. The second-order valence-corrected chi connectivity index (χ2v) is 5.94. The van der Waals surface area contributed by atoms with Gasteiger partial charge in [-0.3, -0.25) is 4.79 Å². The quantitative estimate of drug-likeness (QED) is 0.810. The van der Waals surface area contributed by atoms with Gasteiger partial charge in [-0.2, -0.15) is 13.2 Å².